The third-order valence-electron chi connectivity index (χ3n) is 1.33. The molecule has 1 aromatic rings. The lowest BCUT2D eigenvalue weighted by atomic mass is 10.3. The smallest absolute Gasteiger partial charge is 0.149 e. The van der Waals surface area contributed by atoms with Gasteiger partial charge in [-0.3, -0.25) is 5.43 Å². The lowest BCUT2D eigenvalue weighted by Crippen LogP contribution is -1.95. The maximum absolute atomic E-state index is 13.1. The number of halogens is 2. The number of nitrogens with one attached hydrogen (secondary N) is 1. The molecule has 0 radical (unpaired) electrons. The van der Waals surface area contributed by atoms with Gasteiger partial charge in [-0.2, -0.15) is 5.10 Å². The van der Waals surface area contributed by atoms with Gasteiger partial charge in [0.1, 0.15) is 5.82 Å². The first-order chi connectivity index (χ1) is 6.09. The molecule has 0 heterocycles. The molecule has 1 rings (SSSR count). The lowest BCUT2D eigenvalue weighted by Gasteiger charge is -2.02. The monoisotopic (exact) mass is 244 g/mol. The molecular formula is C9H10BrFN2. The van der Waals surface area contributed by atoms with E-state index < -0.39 is 0 Å². The van der Waals surface area contributed by atoms with Crippen molar-refractivity contribution in [2.45, 2.75) is 13.8 Å². The average molecular weight is 245 g/mol. The van der Waals surface area contributed by atoms with Gasteiger partial charge < -0.3 is 0 Å². The number of hydrogen-bond acceptors (Lipinski definition) is 2. The number of rotatable bonds is 2. The van der Waals surface area contributed by atoms with Crippen molar-refractivity contribution in [1.29, 1.82) is 0 Å². The second-order valence-corrected chi connectivity index (χ2v) is 3.71. The van der Waals surface area contributed by atoms with Crippen LogP contribution in [0.4, 0.5) is 10.1 Å². The summed E-state index contributed by atoms with van der Waals surface area (Å²) >= 11 is 3.17. The molecule has 2 nitrogen and oxygen atoms in total. The van der Waals surface area contributed by atoms with Crippen molar-refractivity contribution in [3.8, 4) is 0 Å². The van der Waals surface area contributed by atoms with E-state index in [1.807, 2.05) is 13.8 Å². The first kappa shape index (κ1) is 10.2. The Balaban J connectivity index is 2.84. The van der Waals surface area contributed by atoms with E-state index in [0.717, 1.165) is 5.71 Å². The number of hydrazone groups is 1. The van der Waals surface area contributed by atoms with Gasteiger partial charge in [-0.1, -0.05) is 15.9 Å². The molecule has 13 heavy (non-hydrogen) atoms. The van der Waals surface area contributed by atoms with E-state index in [9.17, 15) is 4.39 Å². The third kappa shape index (κ3) is 3.14. The van der Waals surface area contributed by atoms with Crippen LogP contribution in [-0.2, 0) is 0 Å². The van der Waals surface area contributed by atoms with Crippen molar-refractivity contribution < 1.29 is 4.39 Å². The zero-order chi connectivity index (χ0) is 9.84. The second kappa shape index (κ2) is 4.37. The quantitative estimate of drug-likeness (QED) is 0.626. The maximum Gasteiger partial charge on any atom is 0.149 e. The Kier molecular flexibility index (Phi) is 3.42. The zero-order valence-corrected chi connectivity index (χ0v) is 9.02. The molecular weight excluding hydrogens is 235 g/mol. The summed E-state index contributed by atoms with van der Waals surface area (Å²) in [6, 6.07) is 4.78. The molecule has 0 saturated carbocycles. The summed E-state index contributed by atoms with van der Waals surface area (Å²) < 4.78 is 13.9. The van der Waals surface area contributed by atoms with Gasteiger partial charge in [0.25, 0.3) is 0 Å². The molecule has 70 valence electrons. The molecule has 1 aromatic carbocycles. The fourth-order valence-electron chi connectivity index (χ4n) is 0.752. The summed E-state index contributed by atoms with van der Waals surface area (Å²) in [5.74, 6) is -0.320. The van der Waals surface area contributed by atoms with Crippen LogP contribution in [0.15, 0.2) is 27.8 Å². The van der Waals surface area contributed by atoms with E-state index in [4.69, 9.17) is 0 Å². The molecule has 4 heteroatoms. The van der Waals surface area contributed by atoms with Crippen LogP contribution < -0.4 is 5.43 Å². The highest BCUT2D eigenvalue weighted by molar-refractivity contribution is 9.10. The van der Waals surface area contributed by atoms with E-state index in [-0.39, 0.29) is 5.82 Å². The SMILES string of the molecule is CC(C)=NNc1ccc(Br)cc1F. The average Bonchev–Trinajstić information content (AvgIpc) is 2.02. The molecule has 0 spiro atoms. The van der Waals surface area contributed by atoms with Crippen molar-refractivity contribution in [3.05, 3.63) is 28.5 Å². The summed E-state index contributed by atoms with van der Waals surface area (Å²) in [4.78, 5) is 0. The van der Waals surface area contributed by atoms with E-state index in [1.54, 1.807) is 12.1 Å². The summed E-state index contributed by atoms with van der Waals surface area (Å²) in [5.41, 5.74) is 3.86. The van der Waals surface area contributed by atoms with Crippen LogP contribution in [0.25, 0.3) is 0 Å². The van der Waals surface area contributed by atoms with Crippen molar-refractivity contribution in [2.75, 3.05) is 5.43 Å². The molecule has 0 unspecified atom stereocenters. The minimum atomic E-state index is -0.320. The first-order valence-corrected chi connectivity index (χ1v) is 4.61. The molecule has 0 aliphatic heterocycles. The highest BCUT2D eigenvalue weighted by Gasteiger charge is 2.00. The van der Waals surface area contributed by atoms with E-state index in [0.29, 0.717) is 10.2 Å². The molecule has 0 bridgehead atoms. The second-order valence-electron chi connectivity index (χ2n) is 2.79. The van der Waals surface area contributed by atoms with Crippen LogP contribution in [-0.4, -0.2) is 5.71 Å². The topological polar surface area (TPSA) is 24.4 Å². The van der Waals surface area contributed by atoms with Crippen LogP contribution in [0.3, 0.4) is 0 Å². The fourth-order valence-corrected chi connectivity index (χ4v) is 1.09. The molecule has 1 N–H and O–H groups in total. The van der Waals surface area contributed by atoms with Gasteiger partial charge >= 0.3 is 0 Å². The van der Waals surface area contributed by atoms with E-state index in [1.165, 1.54) is 6.07 Å². The first-order valence-electron chi connectivity index (χ1n) is 3.81. The Hall–Kier alpha value is -0.900. The van der Waals surface area contributed by atoms with Crippen LogP contribution in [0, 0.1) is 5.82 Å². The van der Waals surface area contributed by atoms with Crippen molar-refractivity contribution in [2.24, 2.45) is 5.10 Å². The van der Waals surface area contributed by atoms with Crippen LogP contribution in [0.1, 0.15) is 13.8 Å². The molecule has 0 amide bonds. The van der Waals surface area contributed by atoms with E-state index in [2.05, 4.69) is 26.5 Å². The van der Waals surface area contributed by atoms with Gasteiger partial charge in [0.15, 0.2) is 0 Å². The summed E-state index contributed by atoms with van der Waals surface area (Å²) in [6.07, 6.45) is 0. The minimum Gasteiger partial charge on any atom is -0.276 e. The van der Waals surface area contributed by atoms with Crippen molar-refractivity contribution >= 4 is 27.3 Å². The zero-order valence-electron chi connectivity index (χ0n) is 7.44. The van der Waals surface area contributed by atoms with Crippen LogP contribution in [0.5, 0.6) is 0 Å². The minimum absolute atomic E-state index is 0.320. The maximum atomic E-state index is 13.1. The van der Waals surface area contributed by atoms with Gasteiger partial charge in [0, 0.05) is 10.2 Å². The lowest BCUT2D eigenvalue weighted by molar-refractivity contribution is 0.630. The van der Waals surface area contributed by atoms with Gasteiger partial charge in [-0.05, 0) is 32.0 Å². The van der Waals surface area contributed by atoms with Gasteiger partial charge in [0.05, 0.1) is 5.69 Å². The molecule has 0 saturated heterocycles. The number of anilines is 1. The Morgan fingerprint density at radius 1 is 1.46 bits per heavy atom. The third-order valence-corrected chi connectivity index (χ3v) is 1.82. The Labute approximate surface area is 85.0 Å². The Morgan fingerprint density at radius 3 is 2.69 bits per heavy atom. The van der Waals surface area contributed by atoms with Crippen LogP contribution in [0.2, 0.25) is 0 Å². The summed E-state index contributed by atoms with van der Waals surface area (Å²) in [7, 11) is 0. The molecule has 0 aliphatic carbocycles. The van der Waals surface area contributed by atoms with Gasteiger partial charge in [-0.25, -0.2) is 4.39 Å². The standard InChI is InChI=1S/C9H10BrFN2/c1-6(2)12-13-9-4-3-7(10)5-8(9)11/h3-5,13H,1-2H3. The number of nitrogens with zero attached hydrogens (tertiary/aromatic N) is 1. The number of benzene rings is 1. The largest absolute Gasteiger partial charge is 0.276 e. The predicted octanol–water partition coefficient (Wildman–Crippen LogP) is 3.40. The molecule has 0 aliphatic rings. The van der Waals surface area contributed by atoms with Crippen LogP contribution >= 0.6 is 15.9 Å². The molecule has 0 fully saturated rings. The van der Waals surface area contributed by atoms with Gasteiger partial charge in [-0.15, -0.1) is 0 Å². The normalized spacial score (nSPS) is 9.54. The highest BCUT2D eigenvalue weighted by Crippen LogP contribution is 2.19. The summed E-state index contributed by atoms with van der Waals surface area (Å²) in [5, 5.41) is 3.90. The highest BCUT2D eigenvalue weighted by atomic mass is 79.9. The van der Waals surface area contributed by atoms with Crippen molar-refractivity contribution in [1.82, 2.24) is 0 Å². The molecule has 0 atom stereocenters. The molecule has 0 aromatic heterocycles. The number of hydrogen-bond donors (Lipinski definition) is 1. The predicted molar refractivity (Wildman–Crippen MR) is 56.5 cm³/mol. The Morgan fingerprint density at radius 2 is 2.15 bits per heavy atom. The summed E-state index contributed by atoms with van der Waals surface area (Å²) in [6.45, 7) is 3.67. The van der Waals surface area contributed by atoms with Gasteiger partial charge in [0.2, 0.25) is 0 Å². The van der Waals surface area contributed by atoms with Crippen molar-refractivity contribution in [3.63, 3.8) is 0 Å². The fraction of sp³-hybridized carbons (Fsp3) is 0.222. The Bertz CT molecular complexity index is 332. The van der Waals surface area contributed by atoms with E-state index >= 15 is 0 Å².